The van der Waals surface area contributed by atoms with E-state index in [4.69, 9.17) is 9.47 Å². The Morgan fingerprint density at radius 1 is 1.12 bits per heavy atom. The highest BCUT2D eigenvalue weighted by molar-refractivity contribution is 5.99. The third-order valence-electron chi connectivity index (χ3n) is 7.52. The molecule has 0 unspecified atom stereocenters. The van der Waals surface area contributed by atoms with Crippen LogP contribution in [0, 0.1) is 5.92 Å². The Labute approximate surface area is 251 Å². The van der Waals surface area contributed by atoms with Crippen LogP contribution in [0.3, 0.4) is 0 Å². The van der Waals surface area contributed by atoms with Gasteiger partial charge in [0, 0.05) is 43.9 Å². The van der Waals surface area contributed by atoms with Gasteiger partial charge in [0.2, 0.25) is 0 Å². The van der Waals surface area contributed by atoms with Crippen molar-refractivity contribution in [2.24, 2.45) is 5.92 Å². The summed E-state index contributed by atoms with van der Waals surface area (Å²) in [6.45, 7) is 12.1. The molecule has 1 heterocycles. The van der Waals surface area contributed by atoms with Crippen LogP contribution < -0.4 is 15.4 Å². The van der Waals surface area contributed by atoms with Crippen molar-refractivity contribution in [3.05, 3.63) is 59.7 Å². The number of likely N-dealkylation sites (N-methyl/N-ethyl adjacent to an activating group) is 1. The van der Waals surface area contributed by atoms with Crippen molar-refractivity contribution in [1.29, 1.82) is 0 Å². The molecular formula is C33H50N4O5. The molecule has 4 atom stereocenters. The van der Waals surface area contributed by atoms with Crippen LogP contribution in [0.5, 0.6) is 5.75 Å². The molecule has 0 spiro atoms. The Hall–Kier alpha value is -3.14. The van der Waals surface area contributed by atoms with Crippen molar-refractivity contribution in [3.63, 3.8) is 0 Å². The van der Waals surface area contributed by atoms with Crippen molar-refractivity contribution in [2.75, 3.05) is 38.7 Å². The van der Waals surface area contributed by atoms with Gasteiger partial charge in [0.25, 0.3) is 5.91 Å². The minimum atomic E-state index is -0.429. The van der Waals surface area contributed by atoms with Gasteiger partial charge in [-0.25, -0.2) is 4.79 Å². The molecule has 232 valence electrons. The second-order valence-electron chi connectivity index (χ2n) is 11.9. The molecule has 1 aliphatic rings. The molecule has 0 fully saturated rings. The summed E-state index contributed by atoms with van der Waals surface area (Å²) >= 11 is 0. The van der Waals surface area contributed by atoms with E-state index >= 15 is 0 Å². The minimum Gasteiger partial charge on any atom is -0.490 e. The molecule has 42 heavy (non-hydrogen) atoms. The Morgan fingerprint density at radius 3 is 2.55 bits per heavy atom. The van der Waals surface area contributed by atoms with Crippen LogP contribution in [-0.2, 0) is 11.3 Å². The highest BCUT2D eigenvalue weighted by atomic mass is 16.5. The summed E-state index contributed by atoms with van der Waals surface area (Å²) in [4.78, 5) is 30.6. The number of fused-ring (bicyclic) bond motifs is 1. The molecule has 1 aliphatic heterocycles. The maximum atomic E-state index is 14.2. The number of amides is 3. The largest absolute Gasteiger partial charge is 0.490 e. The first-order valence-corrected chi connectivity index (χ1v) is 15.2. The Kier molecular flexibility index (Phi) is 13.1. The number of benzene rings is 2. The number of nitrogens with one attached hydrogen (secondary N) is 2. The molecule has 2 aromatic rings. The number of rotatable bonds is 8. The van der Waals surface area contributed by atoms with Gasteiger partial charge in [-0.15, -0.1) is 0 Å². The first-order valence-electron chi connectivity index (χ1n) is 15.2. The van der Waals surface area contributed by atoms with Gasteiger partial charge < -0.3 is 30.1 Å². The van der Waals surface area contributed by atoms with Crippen molar-refractivity contribution in [3.8, 4) is 5.75 Å². The molecule has 2 aromatic carbocycles. The number of hydrogen-bond acceptors (Lipinski definition) is 6. The van der Waals surface area contributed by atoms with Crippen molar-refractivity contribution in [2.45, 2.75) is 84.7 Å². The summed E-state index contributed by atoms with van der Waals surface area (Å²) in [7, 11) is 2.09. The summed E-state index contributed by atoms with van der Waals surface area (Å²) in [6.07, 6.45) is 2.45. The molecule has 0 saturated heterocycles. The Bertz CT molecular complexity index is 1130. The van der Waals surface area contributed by atoms with E-state index in [1.807, 2.05) is 45.9 Å². The quantitative estimate of drug-likeness (QED) is 0.398. The number of aliphatic hydroxyl groups excluding tert-OH is 1. The lowest BCUT2D eigenvalue weighted by atomic mass is 10.0. The summed E-state index contributed by atoms with van der Waals surface area (Å²) in [5.41, 5.74) is 2.08. The van der Waals surface area contributed by atoms with E-state index in [2.05, 4.69) is 41.6 Å². The molecule has 0 aromatic heterocycles. The van der Waals surface area contributed by atoms with Crippen LogP contribution in [-0.4, -0.2) is 84.5 Å². The lowest BCUT2D eigenvalue weighted by Crippen LogP contribution is -2.47. The molecular weight excluding hydrogens is 532 g/mol. The lowest BCUT2D eigenvalue weighted by Gasteiger charge is -2.36. The predicted molar refractivity (Wildman–Crippen MR) is 167 cm³/mol. The second-order valence-corrected chi connectivity index (χ2v) is 11.9. The van der Waals surface area contributed by atoms with Crippen molar-refractivity contribution >= 4 is 17.6 Å². The zero-order valence-corrected chi connectivity index (χ0v) is 26.1. The van der Waals surface area contributed by atoms with Crippen LogP contribution in [0.15, 0.2) is 48.5 Å². The smallest absolute Gasteiger partial charge is 0.319 e. The SMILES string of the molecule is CC(C)NC(=O)Nc1ccc2c(c1)C(=O)N([C@H](C)CO)C[C@H](C)[C@H](CN(C)Cc1ccccc1)OCCCC[C@H](C)O2. The fourth-order valence-electron chi connectivity index (χ4n) is 5.16. The second kappa shape index (κ2) is 16.5. The number of carbonyl (C=O) groups is 2. The number of aliphatic hydroxyl groups is 1. The molecule has 0 bridgehead atoms. The standard InChI is InChI=1S/C33H50N4O5/c1-23(2)34-33(40)35-28-15-16-30-29(18-28)32(39)37(25(4)22-38)19-24(3)31(41-17-11-10-12-26(5)42-30)21-36(6)20-27-13-8-7-9-14-27/h7-9,13-16,18,23-26,31,38H,10-12,17,19-22H2,1-6H3,(H2,34,35,40)/t24-,25+,26-,31-/m0/s1. The maximum Gasteiger partial charge on any atom is 0.319 e. The van der Waals surface area contributed by atoms with Gasteiger partial charge in [0.05, 0.1) is 30.4 Å². The molecule has 0 saturated carbocycles. The molecule has 9 heteroatoms. The number of ether oxygens (including phenoxy) is 2. The third kappa shape index (κ3) is 10.3. The number of nitrogens with zero attached hydrogens (tertiary/aromatic N) is 2. The molecule has 3 N–H and O–H groups in total. The zero-order valence-electron chi connectivity index (χ0n) is 26.1. The maximum absolute atomic E-state index is 14.2. The monoisotopic (exact) mass is 582 g/mol. The van der Waals surface area contributed by atoms with Crippen LogP contribution in [0.25, 0.3) is 0 Å². The lowest BCUT2D eigenvalue weighted by molar-refractivity contribution is -0.0177. The van der Waals surface area contributed by atoms with E-state index in [0.29, 0.717) is 36.7 Å². The molecule has 0 aliphatic carbocycles. The molecule has 3 rings (SSSR count). The number of hydrogen-bond donors (Lipinski definition) is 3. The number of carbonyl (C=O) groups excluding carboxylic acids is 2. The van der Waals surface area contributed by atoms with Crippen molar-refractivity contribution < 1.29 is 24.2 Å². The first kappa shape index (κ1) is 33.4. The fourth-order valence-corrected chi connectivity index (χ4v) is 5.16. The average Bonchev–Trinajstić information content (AvgIpc) is 2.94. The zero-order chi connectivity index (χ0) is 30.6. The van der Waals surface area contributed by atoms with E-state index in [-0.39, 0.29) is 42.7 Å². The first-order chi connectivity index (χ1) is 20.1. The van der Waals surface area contributed by atoms with Gasteiger partial charge in [-0.2, -0.15) is 0 Å². The summed E-state index contributed by atoms with van der Waals surface area (Å²) < 4.78 is 12.7. The Morgan fingerprint density at radius 2 is 1.86 bits per heavy atom. The number of anilines is 1. The van der Waals surface area contributed by atoms with Gasteiger partial charge in [-0.3, -0.25) is 9.69 Å². The highest BCUT2D eigenvalue weighted by Gasteiger charge is 2.30. The van der Waals surface area contributed by atoms with E-state index < -0.39 is 6.04 Å². The third-order valence-corrected chi connectivity index (χ3v) is 7.52. The summed E-state index contributed by atoms with van der Waals surface area (Å²) in [6, 6.07) is 14.7. The van der Waals surface area contributed by atoms with Gasteiger partial charge in [0.15, 0.2) is 0 Å². The van der Waals surface area contributed by atoms with Crippen LogP contribution in [0.4, 0.5) is 10.5 Å². The summed E-state index contributed by atoms with van der Waals surface area (Å²) in [5.74, 6) is 0.204. The van der Waals surface area contributed by atoms with Gasteiger partial charge >= 0.3 is 6.03 Å². The van der Waals surface area contributed by atoms with Crippen molar-refractivity contribution in [1.82, 2.24) is 15.1 Å². The predicted octanol–water partition coefficient (Wildman–Crippen LogP) is 5.14. The highest BCUT2D eigenvalue weighted by Crippen LogP contribution is 2.28. The van der Waals surface area contributed by atoms with E-state index in [1.54, 1.807) is 23.1 Å². The molecule has 3 amide bonds. The number of urea groups is 1. The normalized spacial score (nSPS) is 21.3. The van der Waals surface area contributed by atoms with E-state index in [1.165, 1.54) is 5.56 Å². The fraction of sp³-hybridized carbons (Fsp3) is 0.576. The molecule has 9 nitrogen and oxygen atoms in total. The average molecular weight is 583 g/mol. The minimum absolute atomic E-state index is 0.00877. The summed E-state index contributed by atoms with van der Waals surface area (Å²) in [5, 5.41) is 15.8. The Balaban J connectivity index is 1.90. The molecule has 0 radical (unpaired) electrons. The van der Waals surface area contributed by atoms with E-state index in [0.717, 1.165) is 25.8 Å². The van der Waals surface area contributed by atoms with Gasteiger partial charge in [-0.05, 0) is 77.8 Å². The van der Waals surface area contributed by atoms with Gasteiger partial charge in [0.1, 0.15) is 5.75 Å². The topological polar surface area (TPSA) is 103 Å². The van der Waals surface area contributed by atoms with E-state index in [9.17, 15) is 14.7 Å². The van der Waals surface area contributed by atoms with Crippen LogP contribution in [0.2, 0.25) is 0 Å². The van der Waals surface area contributed by atoms with Gasteiger partial charge in [-0.1, -0.05) is 37.3 Å². The van der Waals surface area contributed by atoms with Crippen LogP contribution in [0.1, 0.15) is 69.8 Å². The van der Waals surface area contributed by atoms with Crippen LogP contribution >= 0.6 is 0 Å².